The van der Waals surface area contributed by atoms with E-state index >= 15 is 0 Å². The molecule has 0 aliphatic carbocycles. The molecule has 2 aromatic carbocycles. The number of nitrogens with two attached hydrogens (primary N) is 1. The third-order valence-corrected chi connectivity index (χ3v) is 3.21. The normalized spacial score (nSPS) is 11.9. The van der Waals surface area contributed by atoms with E-state index in [1.165, 1.54) is 5.56 Å². The van der Waals surface area contributed by atoms with Crippen LogP contribution in [0.1, 0.15) is 24.1 Å². The SMILES string of the molecule is CCOc1cccc(C(N)Cc2ccc(OC)cc2)c1. The molecule has 20 heavy (non-hydrogen) atoms. The van der Waals surface area contributed by atoms with Crippen molar-refractivity contribution in [1.29, 1.82) is 0 Å². The maximum atomic E-state index is 6.28. The zero-order valence-electron chi connectivity index (χ0n) is 12.0. The maximum Gasteiger partial charge on any atom is 0.119 e. The molecule has 106 valence electrons. The van der Waals surface area contributed by atoms with Crippen LogP contribution in [0.2, 0.25) is 0 Å². The molecule has 0 fully saturated rings. The second kappa shape index (κ2) is 6.96. The van der Waals surface area contributed by atoms with Crippen LogP contribution < -0.4 is 15.2 Å². The first kappa shape index (κ1) is 14.4. The van der Waals surface area contributed by atoms with Crippen molar-refractivity contribution in [2.24, 2.45) is 5.73 Å². The second-order valence-corrected chi connectivity index (χ2v) is 4.66. The van der Waals surface area contributed by atoms with Gasteiger partial charge in [-0.05, 0) is 48.7 Å². The first-order chi connectivity index (χ1) is 9.72. The minimum Gasteiger partial charge on any atom is -0.497 e. The molecule has 0 saturated carbocycles. The van der Waals surface area contributed by atoms with Crippen molar-refractivity contribution in [2.45, 2.75) is 19.4 Å². The van der Waals surface area contributed by atoms with E-state index in [0.717, 1.165) is 23.5 Å². The van der Waals surface area contributed by atoms with Crippen molar-refractivity contribution in [2.75, 3.05) is 13.7 Å². The second-order valence-electron chi connectivity index (χ2n) is 4.66. The smallest absolute Gasteiger partial charge is 0.119 e. The molecular formula is C17H21NO2. The quantitative estimate of drug-likeness (QED) is 0.876. The molecule has 3 nitrogen and oxygen atoms in total. The van der Waals surface area contributed by atoms with Crippen molar-refractivity contribution < 1.29 is 9.47 Å². The van der Waals surface area contributed by atoms with Crippen LogP contribution in [-0.4, -0.2) is 13.7 Å². The van der Waals surface area contributed by atoms with Gasteiger partial charge < -0.3 is 15.2 Å². The average Bonchev–Trinajstić information content (AvgIpc) is 2.48. The lowest BCUT2D eigenvalue weighted by molar-refractivity contribution is 0.339. The van der Waals surface area contributed by atoms with Crippen LogP contribution in [0.15, 0.2) is 48.5 Å². The molecule has 0 heterocycles. The summed E-state index contributed by atoms with van der Waals surface area (Å²) in [5, 5.41) is 0. The van der Waals surface area contributed by atoms with E-state index in [1.54, 1.807) is 7.11 Å². The highest BCUT2D eigenvalue weighted by atomic mass is 16.5. The van der Waals surface area contributed by atoms with Gasteiger partial charge in [-0.1, -0.05) is 24.3 Å². The van der Waals surface area contributed by atoms with E-state index in [4.69, 9.17) is 15.2 Å². The average molecular weight is 271 g/mol. The van der Waals surface area contributed by atoms with Gasteiger partial charge in [0.25, 0.3) is 0 Å². The molecule has 0 aliphatic heterocycles. The molecule has 0 bridgehead atoms. The summed E-state index contributed by atoms with van der Waals surface area (Å²) in [4.78, 5) is 0. The standard InChI is InChI=1S/C17H21NO2/c1-3-20-16-6-4-5-14(12-16)17(18)11-13-7-9-15(19-2)10-8-13/h4-10,12,17H,3,11,18H2,1-2H3. The van der Waals surface area contributed by atoms with E-state index in [1.807, 2.05) is 55.5 Å². The highest BCUT2D eigenvalue weighted by Crippen LogP contribution is 2.22. The topological polar surface area (TPSA) is 44.5 Å². The fourth-order valence-electron chi connectivity index (χ4n) is 2.14. The first-order valence-corrected chi connectivity index (χ1v) is 6.84. The van der Waals surface area contributed by atoms with E-state index in [0.29, 0.717) is 6.61 Å². The fourth-order valence-corrected chi connectivity index (χ4v) is 2.14. The Bertz CT molecular complexity index is 537. The molecule has 2 rings (SSSR count). The molecule has 2 N–H and O–H groups in total. The van der Waals surface area contributed by atoms with Crippen LogP contribution in [0.4, 0.5) is 0 Å². The minimum absolute atomic E-state index is 0.0381. The van der Waals surface area contributed by atoms with E-state index in [2.05, 4.69) is 0 Å². The first-order valence-electron chi connectivity index (χ1n) is 6.84. The van der Waals surface area contributed by atoms with Crippen LogP contribution >= 0.6 is 0 Å². The van der Waals surface area contributed by atoms with Crippen LogP contribution in [0.5, 0.6) is 11.5 Å². The molecule has 0 aromatic heterocycles. The van der Waals surface area contributed by atoms with Gasteiger partial charge in [0.15, 0.2) is 0 Å². The van der Waals surface area contributed by atoms with Crippen molar-refractivity contribution in [3.8, 4) is 11.5 Å². The number of rotatable bonds is 6. The number of methoxy groups -OCH3 is 1. The molecule has 0 radical (unpaired) electrons. The molecular weight excluding hydrogens is 250 g/mol. The Morgan fingerprint density at radius 2 is 1.80 bits per heavy atom. The number of hydrogen-bond acceptors (Lipinski definition) is 3. The van der Waals surface area contributed by atoms with Gasteiger partial charge in [0, 0.05) is 6.04 Å². The van der Waals surface area contributed by atoms with Gasteiger partial charge in [-0.25, -0.2) is 0 Å². The number of hydrogen-bond donors (Lipinski definition) is 1. The van der Waals surface area contributed by atoms with E-state index in [-0.39, 0.29) is 6.04 Å². The summed E-state index contributed by atoms with van der Waals surface area (Å²) in [6, 6.07) is 16.0. The fraction of sp³-hybridized carbons (Fsp3) is 0.294. The van der Waals surface area contributed by atoms with Crippen molar-refractivity contribution in [3.05, 3.63) is 59.7 Å². The lowest BCUT2D eigenvalue weighted by Crippen LogP contribution is -2.13. The Kier molecular flexibility index (Phi) is 5.02. The zero-order chi connectivity index (χ0) is 14.4. The van der Waals surface area contributed by atoms with Gasteiger partial charge in [-0.15, -0.1) is 0 Å². The highest BCUT2D eigenvalue weighted by molar-refractivity contribution is 5.33. The Labute approximate surface area is 120 Å². The Morgan fingerprint density at radius 3 is 2.45 bits per heavy atom. The molecule has 1 atom stereocenters. The lowest BCUT2D eigenvalue weighted by Gasteiger charge is -2.14. The predicted molar refractivity (Wildman–Crippen MR) is 81.2 cm³/mol. The summed E-state index contributed by atoms with van der Waals surface area (Å²) in [6.07, 6.45) is 0.791. The van der Waals surface area contributed by atoms with Gasteiger partial charge in [0.2, 0.25) is 0 Å². The summed E-state index contributed by atoms with van der Waals surface area (Å²) >= 11 is 0. The van der Waals surface area contributed by atoms with Crippen LogP contribution in [-0.2, 0) is 6.42 Å². The third-order valence-electron chi connectivity index (χ3n) is 3.21. The Hall–Kier alpha value is -2.00. The molecule has 2 aromatic rings. The Balaban J connectivity index is 2.06. The van der Waals surface area contributed by atoms with E-state index in [9.17, 15) is 0 Å². The number of ether oxygens (including phenoxy) is 2. The largest absolute Gasteiger partial charge is 0.497 e. The van der Waals surface area contributed by atoms with Crippen LogP contribution in [0.3, 0.4) is 0 Å². The molecule has 0 saturated heterocycles. The molecule has 0 aliphatic rings. The van der Waals surface area contributed by atoms with Crippen molar-refractivity contribution in [3.63, 3.8) is 0 Å². The summed E-state index contributed by atoms with van der Waals surface area (Å²) in [5.74, 6) is 1.73. The van der Waals surface area contributed by atoms with Gasteiger partial charge in [0.05, 0.1) is 13.7 Å². The molecule has 0 amide bonds. The maximum absolute atomic E-state index is 6.28. The molecule has 0 spiro atoms. The minimum atomic E-state index is -0.0381. The van der Waals surface area contributed by atoms with E-state index < -0.39 is 0 Å². The summed E-state index contributed by atoms with van der Waals surface area (Å²) in [5.41, 5.74) is 8.56. The third kappa shape index (κ3) is 3.75. The zero-order valence-corrected chi connectivity index (χ0v) is 12.0. The summed E-state index contributed by atoms with van der Waals surface area (Å²) < 4.78 is 10.7. The van der Waals surface area contributed by atoms with Gasteiger partial charge in [0.1, 0.15) is 11.5 Å². The van der Waals surface area contributed by atoms with Crippen molar-refractivity contribution in [1.82, 2.24) is 0 Å². The Morgan fingerprint density at radius 1 is 1.05 bits per heavy atom. The van der Waals surface area contributed by atoms with Gasteiger partial charge in [-0.2, -0.15) is 0 Å². The van der Waals surface area contributed by atoms with Crippen LogP contribution in [0.25, 0.3) is 0 Å². The number of benzene rings is 2. The van der Waals surface area contributed by atoms with Crippen LogP contribution in [0, 0.1) is 0 Å². The van der Waals surface area contributed by atoms with Gasteiger partial charge in [-0.3, -0.25) is 0 Å². The summed E-state index contributed by atoms with van der Waals surface area (Å²) in [6.45, 7) is 2.64. The highest BCUT2D eigenvalue weighted by Gasteiger charge is 2.08. The molecule has 1 unspecified atom stereocenters. The monoisotopic (exact) mass is 271 g/mol. The molecule has 3 heteroatoms. The lowest BCUT2D eigenvalue weighted by atomic mass is 9.99. The van der Waals surface area contributed by atoms with Crippen molar-refractivity contribution >= 4 is 0 Å². The van der Waals surface area contributed by atoms with Gasteiger partial charge >= 0.3 is 0 Å². The summed E-state index contributed by atoms with van der Waals surface area (Å²) in [7, 11) is 1.67. The predicted octanol–water partition coefficient (Wildman–Crippen LogP) is 3.34.